The maximum atomic E-state index is 12.6. The van der Waals surface area contributed by atoms with Gasteiger partial charge in [0, 0.05) is 18.3 Å². The lowest BCUT2D eigenvalue weighted by molar-refractivity contribution is -0.0769. The van der Waals surface area contributed by atoms with Gasteiger partial charge in [0.2, 0.25) is 0 Å². The van der Waals surface area contributed by atoms with E-state index in [1.165, 1.54) is 0 Å². The zero-order chi connectivity index (χ0) is 18.5. The Bertz CT molecular complexity index is 754. The van der Waals surface area contributed by atoms with E-state index in [2.05, 4.69) is 15.5 Å². The number of benzene rings is 1. The minimum Gasteiger partial charge on any atom is -0.491 e. The molecule has 2 amide bonds. The van der Waals surface area contributed by atoms with E-state index in [0.717, 1.165) is 0 Å². The molecule has 1 fully saturated rings. The number of ether oxygens (including phenoxy) is 2. The number of nitrogens with one attached hydrogen (secondary N) is 1. The molecule has 0 spiro atoms. The number of morpholine rings is 1. The van der Waals surface area contributed by atoms with Crippen molar-refractivity contribution in [1.29, 1.82) is 0 Å². The number of nitrogens with zero attached hydrogens (tertiary/aromatic N) is 3. The lowest BCUT2D eigenvalue weighted by atomic mass is 10.2. The molecule has 26 heavy (non-hydrogen) atoms. The zero-order valence-electron chi connectivity index (χ0n) is 14.6. The van der Waals surface area contributed by atoms with E-state index in [-0.39, 0.29) is 18.7 Å². The number of alkyl halides is 1. The number of rotatable bonds is 5. The quantitative estimate of drug-likeness (QED) is 0.877. The fourth-order valence-corrected chi connectivity index (χ4v) is 2.72. The van der Waals surface area contributed by atoms with Crippen molar-refractivity contribution in [2.24, 2.45) is 0 Å². The molecule has 0 unspecified atom stereocenters. The second kappa shape index (κ2) is 8.13. The van der Waals surface area contributed by atoms with Crippen molar-refractivity contribution in [2.45, 2.75) is 26.1 Å². The molecule has 9 heteroatoms. The molecule has 1 saturated heterocycles. The van der Waals surface area contributed by atoms with Gasteiger partial charge < -0.3 is 24.2 Å². The Hall–Kier alpha value is -2.68. The predicted octanol–water partition coefficient (Wildman–Crippen LogP) is 2.72. The number of hydrogen-bond acceptors (Lipinski definition) is 6. The Morgan fingerprint density at radius 2 is 2.31 bits per heavy atom. The summed E-state index contributed by atoms with van der Waals surface area (Å²) in [4.78, 5) is 18.4. The van der Waals surface area contributed by atoms with Crippen LogP contribution in [0.2, 0.25) is 0 Å². The van der Waals surface area contributed by atoms with E-state index in [9.17, 15) is 9.18 Å². The molecule has 0 bridgehead atoms. The second-order valence-corrected chi connectivity index (χ2v) is 6.02. The van der Waals surface area contributed by atoms with Crippen LogP contribution in [0.5, 0.6) is 5.75 Å². The fraction of sp³-hybridized carbons (Fsp3) is 0.471. The number of amides is 2. The molecule has 0 aliphatic carbocycles. The van der Waals surface area contributed by atoms with E-state index in [1.54, 1.807) is 36.1 Å². The molecule has 0 saturated carbocycles. The van der Waals surface area contributed by atoms with E-state index >= 15 is 0 Å². The van der Waals surface area contributed by atoms with Crippen molar-refractivity contribution in [1.82, 2.24) is 15.0 Å². The normalized spacial score (nSPS) is 20.0. The molecule has 1 N–H and O–H groups in total. The fourth-order valence-electron chi connectivity index (χ4n) is 2.72. The van der Waals surface area contributed by atoms with Crippen molar-refractivity contribution in [2.75, 3.05) is 31.7 Å². The van der Waals surface area contributed by atoms with Crippen LogP contribution in [-0.4, -0.2) is 53.5 Å². The number of halogens is 1. The van der Waals surface area contributed by atoms with Gasteiger partial charge in [0.1, 0.15) is 19.0 Å². The van der Waals surface area contributed by atoms with Crippen LogP contribution in [0.1, 0.15) is 24.7 Å². The number of hydrogen-bond donors (Lipinski definition) is 1. The minimum atomic E-state index is -0.571. The van der Waals surface area contributed by atoms with Crippen molar-refractivity contribution < 1.29 is 23.2 Å². The molecule has 2 atom stereocenters. The van der Waals surface area contributed by atoms with Crippen molar-refractivity contribution >= 4 is 11.7 Å². The minimum absolute atomic E-state index is 0.0241. The molecule has 140 valence electrons. The molecule has 8 nitrogen and oxygen atoms in total. The van der Waals surface area contributed by atoms with Crippen LogP contribution < -0.4 is 10.1 Å². The van der Waals surface area contributed by atoms with Crippen LogP contribution in [0.3, 0.4) is 0 Å². The van der Waals surface area contributed by atoms with Gasteiger partial charge in [-0.3, -0.25) is 0 Å². The van der Waals surface area contributed by atoms with Crippen molar-refractivity contribution in [3.63, 3.8) is 0 Å². The Labute approximate surface area is 150 Å². The van der Waals surface area contributed by atoms with Crippen molar-refractivity contribution in [3.8, 4) is 5.75 Å². The summed E-state index contributed by atoms with van der Waals surface area (Å²) in [7, 11) is 0. The summed E-state index contributed by atoms with van der Waals surface area (Å²) in [6, 6.07) is 6.55. The third-order valence-electron chi connectivity index (χ3n) is 3.80. The van der Waals surface area contributed by atoms with Gasteiger partial charge in [0.25, 0.3) is 5.89 Å². The maximum Gasteiger partial charge on any atom is 0.322 e. The van der Waals surface area contributed by atoms with Crippen molar-refractivity contribution in [3.05, 3.63) is 36.0 Å². The number of carbonyl (C=O) groups is 1. The third-order valence-corrected chi connectivity index (χ3v) is 3.80. The molecule has 2 heterocycles. The van der Waals surface area contributed by atoms with Gasteiger partial charge in [-0.25, -0.2) is 9.18 Å². The number of carbonyl (C=O) groups excluding carboxylic acids is 1. The van der Waals surface area contributed by atoms with Gasteiger partial charge in [-0.15, -0.1) is 0 Å². The molecule has 1 aliphatic rings. The summed E-state index contributed by atoms with van der Waals surface area (Å²) in [5.41, 5.74) is 0.565. The Balaban J connectivity index is 1.65. The molecule has 1 aromatic heterocycles. The van der Waals surface area contributed by atoms with Gasteiger partial charge >= 0.3 is 6.03 Å². The van der Waals surface area contributed by atoms with Crippen LogP contribution in [0, 0.1) is 6.92 Å². The summed E-state index contributed by atoms with van der Waals surface area (Å²) in [5.74, 6) is 1.37. The van der Waals surface area contributed by atoms with Gasteiger partial charge in [0.15, 0.2) is 11.9 Å². The first kappa shape index (κ1) is 18.1. The first-order valence-electron chi connectivity index (χ1n) is 8.35. The Morgan fingerprint density at radius 1 is 1.46 bits per heavy atom. The second-order valence-electron chi connectivity index (χ2n) is 6.02. The van der Waals surface area contributed by atoms with E-state index < -0.39 is 12.8 Å². The van der Waals surface area contributed by atoms with E-state index in [0.29, 0.717) is 36.2 Å². The predicted molar refractivity (Wildman–Crippen MR) is 90.8 cm³/mol. The van der Waals surface area contributed by atoms with Crippen LogP contribution in [0.15, 0.2) is 28.8 Å². The SMILES string of the molecule is Cc1noc([C@H]2CN(C(=O)Nc3cccc(OCCF)c3)C[C@@H](C)O2)n1. The molecule has 1 aromatic carbocycles. The topological polar surface area (TPSA) is 89.7 Å². The van der Waals surface area contributed by atoms with Gasteiger partial charge in [0.05, 0.1) is 12.6 Å². The smallest absolute Gasteiger partial charge is 0.322 e. The van der Waals surface area contributed by atoms with Crippen LogP contribution >= 0.6 is 0 Å². The molecular weight excluding hydrogens is 343 g/mol. The Morgan fingerprint density at radius 3 is 3.04 bits per heavy atom. The monoisotopic (exact) mass is 364 g/mol. The summed E-state index contributed by atoms with van der Waals surface area (Å²) in [5, 5.41) is 6.58. The van der Waals surface area contributed by atoms with Gasteiger partial charge in [-0.2, -0.15) is 4.98 Å². The summed E-state index contributed by atoms with van der Waals surface area (Å²) in [6.07, 6.45) is -0.643. The standard InChI is InChI=1S/C17H21FN4O4/c1-11-9-22(10-15(25-11)16-19-12(2)21-26-16)17(23)20-13-4-3-5-14(8-13)24-7-6-18/h3-5,8,11,15H,6-7,9-10H2,1-2H3,(H,20,23)/t11-,15-/m1/s1. The third kappa shape index (κ3) is 4.48. The van der Waals surface area contributed by atoms with Gasteiger partial charge in [-0.1, -0.05) is 11.2 Å². The van der Waals surface area contributed by atoms with E-state index in [1.807, 2.05) is 6.92 Å². The molecule has 3 rings (SSSR count). The molecule has 1 aliphatic heterocycles. The lowest BCUT2D eigenvalue weighted by Gasteiger charge is -2.35. The first-order valence-corrected chi connectivity index (χ1v) is 8.35. The number of aryl methyl sites for hydroxylation is 1. The van der Waals surface area contributed by atoms with E-state index in [4.69, 9.17) is 14.0 Å². The summed E-state index contributed by atoms with van der Waals surface area (Å²) < 4.78 is 28.4. The Kier molecular flexibility index (Phi) is 5.67. The zero-order valence-corrected chi connectivity index (χ0v) is 14.6. The molecule has 0 radical (unpaired) electrons. The number of aromatic nitrogens is 2. The largest absolute Gasteiger partial charge is 0.491 e. The lowest BCUT2D eigenvalue weighted by Crippen LogP contribution is -2.47. The highest BCUT2D eigenvalue weighted by atomic mass is 19.1. The van der Waals surface area contributed by atoms with Crippen LogP contribution in [0.25, 0.3) is 0 Å². The van der Waals surface area contributed by atoms with Gasteiger partial charge in [-0.05, 0) is 26.0 Å². The first-order chi connectivity index (χ1) is 12.5. The molecule has 2 aromatic rings. The average molecular weight is 364 g/mol. The average Bonchev–Trinajstić information content (AvgIpc) is 3.06. The summed E-state index contributed by atoms with van der Waals surface area (Å²) >= 11 is 0. The van der Waals surface area contributed by atoms with Crippen LogP contribution in [-0.2, 0) is 4.74 Å². The highest BCUT2D eigenvalue weighted by Gasteiger charge is 2.32. The number of urea groups is 1. The summed E-state index contributed by atoms with van der Waals surface area (Å²) in [6.45, 7) is 3.74. The molecular formula is C17H21FN4O4. The van der Waals surface area contributed by atoms with Crippen LogP contribution in [0.4, 0.5) is 14.9 Å². The number of anilines is 1. The maximum absolute atomic E-state index is 12.6. The highest BCUT2D eigenvalue weighted by Crippen LogP contribution is 2.25. The highest BCUT2D eigenvalue weighted by molar-refractivity contribution is 5.89.